The fourth-order valence-electron chi connectivity index (χ4n) is 1.66. The van der Waals surface area contributed by atoms with Gasteiger partial charge in [-0.2, -0.15) is 0 Å². The number of anilines is 1. The van der Waals surface area contributed by atoms with E-state index in [-0.39, 0.29) is 23.6 Å². The molecule has 0 saturated carbocycles. The number of rotatable bonds is 7. The predicted octanol–water partition coefficient (Wildman–Crippen LogP) is 0.480. The second kappa shape index (κ2) is 7.34. The van der Waals surface area contributed by atoms with Crippen LogP contribution in [0.1, 0.15) is 23.2 Å². The van der Waals surface area contributed by atoms with Gasteiger partial charge in [-0.25, -0.2) is 0 Å². The van der Waals surface area contributed by atoms with E-state index in [1.165, 1.54) is 26.4 Å². The second-order valence-corrected chi connectivity index (χ2v) is 4.06. The third-order valence-corrected chi connectivity index (χ3v) is 2.67. The van der Waals surface area contributed by atoms with E-state index in [9.17, 15) is 9.59 Å². The Kier molecular flexibility index (Phi) is 5.79. The molecule has 1 rings (SSSR count). The van der Waals surface area contributed by atoms with Gasteiger partial charge < -0.3 is 26.3 Å². The minimum Gasteiger partial charge on any atom is -0.493 e. The van der Waals surface area contributed by atoms with Crippen molar-refractivity contribution < 1.29 is 19.1 Å². The smallest absolute Gasteiger partial charge is 0.250 e. The lowest BCUT2D eigenvalue weighted by Crippen LogP contribution is -2.19. The Labute approximate surface area is 117 Å². The molecular formula is C13H19N3O4. The maximum atomic E-state index is 11.7. The molecule has 0 fully saturated rings. The molecule has 20 heavy (non-hydrogen) atoms. The summed E-state index contributed by atoms with van der Waals surface area (Å²) in [5, 5.41) is 2.62. The van der Waals surface area contributed by atoms with Crippen LogP contribution in [-0.2, 0) is 4.79 Å². The van der Waals surface area contributed by atoms with Crippen LogP contribution in [-0.4, -0.2) is 32.6 Å². The number of amides is 2. The van der Waals surface area contributed by atoms with Gasteiger partial charge in [-0.05, 0) is 19.0 Å². The van der Waals surface area contributed by atoms with Crippen LogP contribution in [0.2, 0.25) is 0 Å². The summed E-state index contributed by atoms with van der Waals surface area (Å²) in [6, 6.07) is 2.93. The second-order valence-electron chi connectivity index (χ2n) is 4.06. The van der Waals surface area contributed by atoms with E-state index in [0.29, 0.717) is 24.5 Å². The zero-order valence-electron chi connectivity index (χ0n) is 11.6. The molecule has 0 bridgehead atoms. The molecule has 1 aromatic rings. The summed E-state index contributed by atoms with van der Waals surface area (Å²) >= 11 is 0. The minimum absolute atomic E-state index is 0.156. The summed E-state index contributed by atoms with van der Waals surface area (Å²) in [5.74, 6) is -0.155. The fraction of sp³-hybridized carbons (Fsp3) is 0.385. The Bertz CT molecular complexity index is 503. The molecule has 5 N–H and O–H groups in total. The van der Waals surface area contributed by atoms with Crippen LogP contribution in [0.5, 0.6) is 11.5 Å². The lowest BCUT2D eigenvalue weighted by Gasteiger charge is -2.14. The number of methoxy groups -OCH3 is 2. The van der Waals surface area contributed by atoms with Crippen molar-refractivity contribution in [1.29, 1.82) is 0 Å². The number of nitrogens with one attached hydrogen (secondary N) is 1. The highest BCUT2D eigenvalue weighted by molar-refractivity contribution is 6.03. The van der Waals surface area contributed by atoms with Gasteiger partial charge in [-0.15, -0.1) is 0 Å². The Morgan fingerprint density at radius 2 is 1.80 bits per heavy atom. The van der Waals surface area contributed by atoms with Crippen molar-refractivity contribution in [2.75, 3.05) is 26.1 Å². The Morgan fingerprint density at radius 1 is 1.20 bits per heavy atom. The third-order valence-electron chi connectivity index (χ3n) is 2.67. The van der Waals surface area contributed by atoms with Crippen molar-refractivity contribution in [3.63, 3.8) is 0 Å². The lowest BCUT2D eigenvalue weighted by molar-refractivity contribution is -0.116. The fourth-order valence-corrected chi connectivity index (χ4v) is 1.66. The zero-order chi connectivity index (χ0) is 15.1. The molecule has 0 aliphatic carbocycles. The average Bonchev–Trinajstić information content (AvgIpc) is 2.44. The highest BCUT2D eigenvalue weighted by Gasteiger charge is 2.16. The minimum atomic E-state index is -0.667. The number of benzene rings is 1. The van der Waals surface area contributed by atoms with Crippen molar-refractivity contribution in [3.05, 3.63) is 17.7 Å². The third kappa shape index (κ3) is 3.86. The largest absolute Gasteiger partial charge is 0.493 e. The highest BCUT2D eigenvalue weighted by atomic mass is 16.5. The maximum absolute atomic E-state index is 11.7. The van der Waals surface area contributed by atoms with Crippen molar-refractivity contribution in [2.24, 2.45) is 11.5 Å². The van der Waals surface area contributed by atoms with Crippen LogP contribution in [0.25, 0.3) is 0 Å². The molecule has 7 heteroatoms. The molecule has 0 atom stereocenters. The van der Waals surface area contributed by atoms with Crippen molar-refractivity contribution >= 4 is 17.5 Å². The van der Waals surface area contributed by atoms with E-state index < -0.39 is 5.91 Å². The van der Waals surface area contributed by atoms with Gasteiger partial charge in [0.1, 0.15) is 0 Å². The molecule has 1 aromatic carbocycles. The van der Waals surface area contributed by atoms with E-state index in [1.807, 2.05) is 0 Å². The lowest BCUT2D eigenvalue weighted by atomic mass is 10.1. The summed E-state index contributed by atoms with van der Waals surface area (Å²) < 4.78 is 10.2. The summed E-state index contributed by atoms with van der Waals surface area (Å²) in [6.07, 6.45) is 0.827. The molecule has 2 amide bonds. The molecule has 0 heterocycles. The molecule has 0 aliphatic heterocycles. The number of carbonyl (C=O) groups excluding carboxylic acids is 2. The van der Waals surface area contributed by atoms with E-state index in [2.05, 4.69) is 5.32 Å². The zero-order valence-corrected chi connectivity index (χ0v) is 11.6. The summed E-state index contributed by atoms with van der Waals surface area (Å²) in [5.41, 5.74) is 11.1. The van der Waals surface area contributed by atoms with Crippen LogP contribution in [0, 0.1) is 0 Å². The van der Waals surface area contributed by atoms with Gasteiger partial charge in [0, 0.05) is 12.5 Å². The van der Waals surface area contributed by atoms with Gasteiger partial charge in [-0.3, -0.25) is 9.59 Å². The van der Waals surface area contributed by atoms with Gasteiger partial charge in [0.15, 0.2) is 11.5 Å². The first-order chi connectivity index (χ1) is 9.53. The topological polar surface area (TPSA) is 117 Å². The van der Waals surface area contributed by atoms with Crippen LogP contribution < -0.4 is 26.3 Å². The number of primary amides is 1. The molecule has 0 aliphatic rings. The van der Waals surface area contributed by atoms with E-state index >= 15 is 0 Å². The molecule has 0 saturated heterocycles. The van der Waals surface area contributed by atoms with Crippen LogP contribution in [0.3, 0.4) is 0 Å². The normalized spacial score (nSPS) is 9.95. The number of hydrogen-bond acceptors (Lipinski definition) is 5. The number of carbonyl (C=O) groups is 2. The predicted molar refractivity (Wildman–Crippen MR) is 75.0 cm³/mol. The molecule has 0 aromatic heterocycles. The molecule has 0 radical (unpaired) electrons. The van der Waals surface area contributed by atoms with E-state index in [1.54, 1.807) is 0 Å². The van der Waals surface area contributed by atoms with Gasteiger partial charge in [0.2, 0.25) is 5.91 Å². The highest BCUT2D eigenvalue weighted by Crippen LogP contribution is 2.33. The van der Waals surface area contributed by atoms with Gasteiger partial charge in [-0.1, -0.05) is 0 Å². The number of nitrogens with two attached hydrogens (primary N) is 2. The molecule has 110 valence electrons. The number of ether oxygens (including phenoxy) is 2. The average molecular weight is 281 g/mol. The van der Waals surface area contributed by atoms with Gasteiger partial charge >= 0.3 is 0 Å². The Morgan fingerprint density at radius 3 is 2.30 bits per heavy atom. The Balaban J connectivity index is 3.09. The molecule has 0 unspecified atom stereocenters. The van der Waals surface area contributed by atoms with E-state index in [4.69, 9.17) is 20.9 Å². The maximum Gasteiger partial charge on any atom is 0.250 e. The first-order valence-electron chi connectivity index (χ1n) is 6.09. The summed E-state index contributed by atoms with van der Waals surface area (Å²) in [7, 11) is 2.91. The quantitative estimate of drug-likeness (QED) is 0.672. The monoisotopic (exact) mass is 281 g/mol. The Hall–Kier alpha value is -2.28. The van der Waals surface area contributed by atoms with Crippen LogP contribution in [0.15, 0.2) is 12.1 Å². The van der Waals surface area contributed by atoms with Crippen LogP contribution in [0.4, 0.5) is 5.69 Å². The number of hydrogen-bond donors (Lipinski definition) is 3. The van der Waals surface area contributed by atoms with Crippen LogP contribution >= 0.6 is 0 Å². The van der Waals surface area contributed by atoms with Gasteiger partial charge in [0.05, 0.1) is 25.5 Å². The van der Waals surface area contributed by atoms with E-state index in [0.717, 1.165) is 0 Å². The SMILES string of the molecule is COc1cc(NC(=O)CCCN)c(C(N)=O)cc1OC. The molecule has 7 nitrogen and oxygen atoms in total. The van der Waals surface area contributed by atoms with Crippen molar-refractivity contribution in [2.45, 2.75) is 12.8 Å². The molecular weight excluding hydrogens is 262 g/mol. The first-order valence-corrected chi connectivity index (χ1v) is 6.09. The summed E-state index contributed by atoms with van der Waals surface area (Å²) in [4.78, 5) is 23.1. The molecule has 0 spiro atoms. The van der Waals surface area contributed by atoms with Gasteiger partial charge in [0.25, 0.3) is 5.91 Å². The summed E-state index contributed by atoms with van der Waals surface area (Å²) in [6.45, 7) is 0.419. The van der Waals surface area contributed by atoms with Crippen molar-refractivity contribution in [1.82, 2.24) is 0 Å². The standard InChI is InChI=1S/C13H19N3O4/c1-19-10-6-8(13(15)18)9(7-11(10)20-2)16-12(17)4-3-5-14/h6-7H,3-5,14H2,1-2H3,(H2,15,18)(H,16,17). The van der Waals surface area contributed by atoms with Crippen molar-refractivity contribution in [3.8, 4) is 11.5 Å². The first kappa shape index (κ1) is 15.8.